The third-order valence-corrected chi connectivity index (χ3v) is 10.4. The van der Waals surface area contributed by atoms with Crippen LogP contribution in [-0.4, -0.2) is 49.2 Å². The van der Waals surface area contributed by atoms with Crippen LogP contribution in [0.2, 0.25) is 0 Å². The number of hydrogen-bond donors (Lipinski definition) is 2. The predicted molar refractivity (Wildman–Crippen MR) is 122 cm³/mol. The average molecular weight is 496 g/mol. The minimum Gasteiger partial charge on any atom is -0.474 e. The fourth-order valence-corrected chi connectivity index (χ4v) is 8.87. The van der Waals surface area contributed by atoms with Crippen molar-refractivity contribution in [3.63, 3.8) is 0 Å². The number of fused-ring (bicyclic) bond motifs is 1. The molecule has 3 atom stereocenters. The van der Waals surface area contributed by atoms with E-state index in [0.29, 0.717) is 5.56 Å². The maximum atomic E-state index is 12.7. The zero-order valence-electron chi connectivity index (χ0n) is 16.5. The molecule has 12 heteroatoms. The fraction of sp³-hybridized carbons (Fsp3) is 0.250. The van der Waals surface area contributed by atoms with Crippen molar-refractivity contribution < 1.29 is 24.4 Å². The largest absolute Gasteiger partial charge is 0.474 e. The van der Waals surface area contributed by atoms with Crippen LogP contribution >= 0.6 is 33.0 Å². The molecular weight excluding hydrogens is 478 g/mol. The van der Waals surface area contributed by atoms with E-state index in [2.05, 4.69) is 5.32 Å². The number of nitro benzene ring substituents is 1. The summed E-state index contributed by atoms with van der Waals surface area (Å²) in [5.74, 6) is -0.655. The topological polar surface area (TPSA) is 130 Å². The van der Waals surface area contributed by atoms with Crippen molar-refractivity contribution >= 4 is 55.8 Å². The Kier molecular flexibility index (Phi) is 5.97. The Labute approximate surface area is 193 Å². The average Bonchev–Trinajstić information content (AvgIpc) is 3.25. The van der Waals surface area contributed by atoms with Gasteiger partial charge >= 0.3 is 5.30 Å². The van der Waals surface area contributed by atoms with Crippen LogP contribution in [0.3, 0.4) is 0 Å². The molecule has 0 spiro atoms. The molecule has 168 valence electrons. The van der Waals surface area contributed by atoms with Gasteiger partial charge in [-0.3, -0.25) is 19.7 Å². The van der Waals surface area contributed by atoms with Gasteiger partial charge in [-0.05, 0) is 17.0 Å². The van der Waals surface area contributed by atoms with Gasteiger partial charge in [-0.2, -0.15) is 0 Å². The number of β-lactam (4-membered cyclic amide) rings is 1. The maximum absolute atomic E-state index is 12.7. The van der Waals surface area contributed by atoms with E-state index >= 15 is 0 Å². The van der Waals surface area contributed by atoms with Gasteiger partial charge < -0.3 is 15.3 Å². The number of carbonyl (C=O) groups is 3. The van der Waals surface area contributed by atoms with Crippen LogP contribution < -0.4 is 5.32 Å². The number of carboxylic acid groups (broad SMARTS) is 1. The lowest BCUT2D eigenvalue weighted by Crippen LogP contribution is -2.72. The number of amides is 2. The Morgan fingerprint density at radius 3 is 2.62 bits per heavy atom. The third-order valence-electron chi connectivity index (χ3n) is 5.37. The van der Waals surface area contributed by atoms with Gasteiger partial charge in [0.05, 0.1) is 11.3 Å². The molecule has 32 heavy (non-hydrogen) atoms. The van der Waals surface area contributed by atoms with E-state index in [1.165, 1.54) is 46.7 Å². The molecule has 0 bridgehead atoms. The second kappa shape index (κ2) is 8.57. The summed E-state index contributed by atoms with van der Waals surface area (Å²) in [6.07, 6.45) is 1.53. The monoisotopic (exact) mass is 495 g/mol. The van der Waals surface area contributed by atoms with Crippen LogP contribution in [0.25, 0.3) is 0 Å². The molecule has 2 amide bonds. The second-order valence-corrected chi connectivity index (χ2v) is 12.3. The highest BCUT2D eigenvalue weighted by Gasteiger charge is 2.60. The summed E-state index contributed by atoms with van der Waals surface area (Å²) in [4.78, 5) is 50.3. The molecule has 2 aliphatic heterocycles. The quantitative estimate of drug-likeness (QED) is 0.357. The first-order chi connectivity index (χ1) is 15.2. The second-order valence-electron chi connectivity index (χ2n) is 7.44. The molecule has 1 saturated heterocycles. The molecule has 2 aromatic rings. The van der Waals surface area contributed by atoms with Crippen molar-refractivity contribution in [2.75, 3.05) is 5.75 Å². The number of benzene rings is 1. The zero-order valence-corrected chi connectivity index (χ0v) is 18.9. The number of carbonyl (C=O) groups excluding carboxylic acids is 2. The van der Waals surface area contributed by atoms with Crippen LogP contribution in [0.5, 0.6) is 0 Å². The van der Waals surface area contributed by atoms with Gasteiger partial charge in [-0.25, -0.2) is 4.79 Å². The summed E-state index contributed by atoms with van der Waals surface area (Å²) < 4.78 is 0. The van der Waals surface area contributed by atoms with Gasteiger partial charge in [0.2, 0.25) is 5.91 Å². The standard InChI is InChI=1S/C20H18ClN3O6S2/c21-13-9-23-18(26)17(22-16(25)8-15-2-1-7-31-15)19(23)32(11-13,20(27)28)10-12-3-5-14(6-4-12)24(29)30/h1-7,9,17,19H,8,10-11H2,(H,22,25)(H,27,28)/t17?,19-/m1/s1. The molecule has 2 aliphatic rings. The highest BCUT2D eigenvalue weighted by Crippen LogP contribution is 2.64. The maximum Gasteiger partial charge on any atom is 0.349 e. The normalized spacial score (nSPS) is 26.2. The molecule has 3 heterocycles. The number of nitro groups is 1. The van der Waals surface area contributed by atoms with Crippen molar-refractivity contribution in [2.45, 2.75) is 23.6 Å². The zero-order chi connectivity index (χ0) is 23.0. The summed E-state index contributed by atoms with van der Waals surface area (Å²) in [5.41, 5.74) is 0.483. The van der Waals surface area contributed by atoms with Crippen molar-refractivity contribution in [1.82, 2.24) is 10.2 Å². The molecule has 2 unspecified atom stereocenters. The minimum atomic E-state index is -2.64. The van der Waals surface area contributed by atoms with Crippen molar-refractivity contribution in [3.05, 3.63) is 73.6 Å². The minimum absolute atomic E-state index is 0.0482. The van der Waals surface area contributed by atoms with Gasteiger partial charge in [-0.1, -0.05) is 29.8 Å². The Morgan fingerprint density at radius 1 is 1.31 bits per heavy atom. The molecule has 0 aliphatic carbocycles. The van der Waals surface area contributed by atoms with Crippen LogP contribution in [0.1, 0.15) is 10.4 Å². The third kappa shape index (κ3) is 3.98. The highest BCUT2D eigenvalue weighted by molar-refractivity contribution is 8.45. The Bertz CT molecular complexity index is 1120. The molecule has 0 saturated carbocycles. The van der Waals surface area contributed by atoms with Crippen LogP contribution in [0, 0.1) is 10.1 Å². The van der Waals surface area contributed by atoms with Crippen molar-refractivity contribution in [2.24, 2.45) is 0 Å². The summed E-state index contributed by atoms with van der Waals surface area (Å²) in [6, 6.07) is 8.32. The first-order valence-corrected chi connectivity index (χ1v) is 12.7. The van der Waals surface area contributed by atoms with E-state index < -0.39 is 37.6 Å². The number of non-ortho nitro benzene ring substituents is 1. The number of hydrogen-bond acceptors (Lipinski definition) is 6. The van der Waals surface area contributed by atoms with Gasteiger partial charge in [0.15, 0.2) is 0 Å². The van der Waals surface area contributed by atoms with E-state index in [-0.39, 0.29) is 34.6 Å². The van der Waals surface area contributed by atoms with Gasteiger partial charge in [0, 0.05) is 39.7 Å². The lowest BCUT2D eigenvalue weighted by Gasteiger charge is -2.58. The van der Waals surface area contributed by atoms with Crippen LogP contribution in [-0.2, 0) is 21.8 Å². The molecule has 1 fully saturated rings. The Morgan fingerprint density at radius 2 is 2.03 bits per heavy atom. The summed E-state index contributed by atoms with van der Waals surface area (Å²) >= 11 is 7.65. The number of halogens is 1. The molecule has 2 N–H and O–H groups in total. The SMILES string of the molecule is O=C(Cc1cccs1)NC1C(=O)N2C=C(Cl)CS(Cc3ccc([N+](=O)[O-])cc3)(C(=O)O)[C@H]12. The molecule has 1 aromatic heterocycles. The van der Waals surface area contributed by atoms with E-state index in [9.17, 15) is 29.6 Å². The van der Waals surface area contributed by atoms with Crippen molar-refractivity contribution in [1.29, 1.82) is 0 Å². The van der Waals surface area contributed by atoms with Gasteiger partial charge in [0.1, 0.15) is 11.4 Å². The summed E-state index contributed by atoms with van der Waals surface area (Å²) in [6.45, 7) is 0. The van der Waals surface area contributed by atoms with E-state index in [1.54, 1.807) is 0 Å². The lowest BCUT2D eigenvalue weighted by molar-refractivity contribution is -0.384. The summed E-state index contributed by atoms with van der Waals surface area (Å²) in [5, 5.41) is 24.2. The summed E-state index contributed by atoms with van der Waals surface area (Å²) in [7, 11) is -2.64. The van der Waals surface area contributed by atoms with Crippen molar-refractivity contribution in [3.8, 4) is 0 Å². The van der Waals surface area contributed by atoms with Crippen LogP contribution in [0.15, 0.2) is 53.0 Å². The van der Waals surface area contributed by atoms with E-state index in [1.807, 2.05) is 17.5 Å². The molecule has 9 nitrogen and oxygen atoms in total. The molecule has 4 rings (SSSR count). The number of thiophene rings is 1. The highest BCUT2D eigenvalue weighted by atomic mass is 35.5. The first-order valence-electron chi connectivity index (χ1n) is 9.45. The first kappa shape index (κ1) is 22.3. The molecule has 1 aromatic carbocycles. The number of rotatable bonds is 6. The van der Waals surface area contributed by atoms with Gasteiger partial charge in [-0.15, -0.1) is 21.4 Å². The fourth-order valence-electron chi connectivity index (χ4n) is 3.92. The smallest absolute Gasteiger partial charge is 0.349 e. The number of nitrogens with zero attached hydrogens (tertiary/aromatic N) is 2. The molecular formula is C20H18ClN3O6S2. The lowest BCUT2D eigenvalue weighted by atomic mass is 10.1. The predicted octanol–water partition coefficient (Wildman–Crippen LogP) is 3.63. The van der Waals surface area contributed by atoms with Gasteiger partial charge in [0.25, 0.3) is 11.6 Å². The Balaban J connectivity index is 1.62. The Hall–Kier alpha value is -2.89. The number of nitrogens with one attached hydrogen (secondary N) is 1. The van der Waals surface area contributed by atoms with E-state index in [0.717, 1.165) is 4.88 Å². The van der Waals surface area contributed by atoms with Crippen LogP contribution in [0.4, 0.5) is 10.5 Å². The molecule has 0 radical (unpaired) electrons. The van der Waals surface area contributed by atoms with E-state index in [4.69, 9.17) is 11.6 Å².